The number of benzene rings is 1. The molecule has 1 aromatic carbocycles. The van der Waals surface area contributed by atoms with E-state index in [9.17, 15) is 4.79 Å². The van der Waals surface area contributed by atoms with Crippen molar-refractivity contribution in [3.8, 4) is 22.6 Å². The number of carbonyl (C=O) groups excluding carboxylic acids is 1. The third kappa shape index (κ3) is 3.05. The van der Waals surface area contributed by atoms with Gasteiger partial charge in [0.05, 0.1) is 20.8 Å². The number of nitrogens with one attached hydrogen (secondary N) is 1. The summed E-state index contributed by atoms with van der Waals surface area (Å²) in [6.45, 7) is 2.09. The second-order valence-corrected chi connectivity index (χ2v) is 5.03. The summed E-state index contributed by atoms with van der Waals surface area (Å²) in [6.07, 6.45) is 1.70. The smallest absolute Gasteiger partial charge is 0.355 e. The summed E-state index contributed by atoms with van der Waals surface area (Å²) >= 11 is 3.49. The van der Waals surface area contributed by atoms with E-state index in [0.717, 1.165) is 15.6 Å². The molecular weight excluding hydrogens is 338 g/mol. The van der Waals surface area contributed by atoms with E-state index in [-0.39, 0.29) is 5.97 Å². The van der Waals surface area contributed by atoms with Gasteiger partial charge in [0.25, 0.3) is 0 Å². The molecule has 1 heterocycles. The van der Waals surface area contributed by atoms with Crippen LogP contribution >= 0.6 is 15.9 Å². The lowest BCUT2D eigenvalue weighted by Gasteiger charge is -2.12. The number of aromatic nitrogens is 1. The van der Waals surface area contributed by atoms with E-state index in [1.165, 1.54) is 0 Å². The number of halogens is 1. The fourth-order valence-corrected chi connectivity index (χ4v) is 2.56. The Morgan fingerprint density at radius 2 is 1.86 bits per heavy atom. The monoisotopic (exact) mass is 353 g/mol. The van der Waals surface area contributed by atoms with Crippen molar-refractivity contribution < 1.29 is 19.0 Å². The number of ether oxygens (including phenoxy) is 3. The minimum atomic E-state index is -0.390. The molecule has 0 aliphatic rings. The van der Waals surface area contributed by atoms with E-state index in [4.69, 9.17) is 14.2 Å². The maximum atomic E-state index is 12.0. The number of carbonyl (C=O) groups is 1. The van der Waals surface area contributed by atoms with Crippen LogP contribution in [0.4, 0.5) is 0 Å². The van der Waals surface area contributed by atoms with Crippen molar-refractivity contribution in [2.75, 3.05) is 20.8 Å². The molecule has 0 unspecified atom stereocenters. The molecule has 2 rings (SSSR count). The minimum Gasteiger partial charge on any atom is -0.493 e. The zero-order valence-electron chi connectivity index (χ0n) is 12.0. The van der Waals surface area contributed by atoms with Crippen molar-refractivity contribution in [3.63, 3.8) is 0 Å². The molecule has 1 N–H and O–H groups in total. The molecule has 0 bridgehead atoms. The fourth-order valence-electron chi connectivity index (χ4n) is 2.03. The van der Waals surface area contributed by atoms with E-state index in [2.05, 4.69) is 20.9 Å². The van der Waals surface area contributed by atoms with Crippen LogP contribution in [0.2, 0.25) is 0 Å². The van der Waals surface area contributed by atoms with Crippen molar-refractivity contribution in [1.82, 2.24) is 4.98 Å². The average Bonchev–Trinajstić information content (AvgIpc) is 2.96. The van der Waals surface area contributed by atoms with Gasteiger partial charge in [-0.1, -0.05) is 15.9 Å². The molecule has 112 valence electrons. The van der Waals surface area contributed by atoms with Crippen LogP contribution in [-0.2, 0) is 4.74 Å². The molecule has 0 saturated carbocycles. The topological polar surface area (TPSA) is 60.6 Å². The van der Waals surface area contributed by atoms with E-state index in [1.54, 1.807) is 33.4 Å². The van der Waals surface area contributed by atoms with Gasteiger partial charge in [-0.25, -0.2) is 4.79 Å². The Morgan fingerprint density at radius 3 is 2.48 bits per heavy atom. The zero-order valence-corrected chi connectivity index (χ0v) is 13.6. The summed E-state index contributed by atoms with van der Waals surface area (Å²) < 4.78 is 16.4. The number of esters is 1. The van der Waals surface area contributed by atoms with E-state index >= 15 is 0 Å². The molecule has 1 aromatic heterocycles. The number of H-pyrrole nitrogens is 1. The van der Waals surface area contributed by atoms with Crippen molar-refractivity contribution in [1.29, 1.82) is 0 Å². The number of rotatable bonds is 5. The Labute approximate surface area is 131 Å². The summed E-state index contributed by atoms with van der Waals surface area (Å²) in [5, 5.41) is 0. The van der Waals surface area contributed by atoms with Crippen LogP contribution in [-0.4, -0.2) is 31.8 Å². The van der Waals surface area contributed by atoms with E-state index < -0.39 is 0 Å². The Bertz CT molecular complexity index is 651. The first-order valence-electron chi connectivity index (χ1n) is 6.38. The molecule has 6 heteroatoms. The van der Waals surface area contributed by atoms with Gasteiger partial charge in [0, 0.05) is 21.8 Å². The first-order chi connectivity index (χ1) is 10.1. The number of aromatic amines is 1. The number of methoxy groups -OCH3 is 2. The van der Waals surface area contributed by atoms with Crippen LogP contribution in [0, 0.1) is 0 Å². The van der Waals surface area contributed by atoms with Gasteiger partial charge < -0.3 is 19.2 Å². The summed E-state index contributed by atoms with van der Waals surface area (Å²) in [4.78, 5) is 14.9. The third-order valence-corrected chi connectivity index (χ3v) is 3.65. The van der Waals surface area contributed by atoms with Gasteiger partial charge in [-0.2, -0.15) is 0 Å². The lowest BCUT2D eigenvalue weighted by atomic mass is 10.1. The average molecular weight is 354 g/mol. The quantitative estimate of drug-likeness (QED) is 0.833. The zero-order chi connectivity index (χ0) is 15.4. The van der Waals surface area contributed by atoms with Gasteiger partial charge in [0.15, 0.2) is 11.5 Å². The molecule has 0 fully saturated rings. The predicted molar refractivity (Wildman–Crippen MR) is 83.0 cm³/mol. The standard InChI is InChI=1S/C15H16BrNO4/c1-4-21-15(18)14-9(5-6-17-14)10-7-12(19-2)13(20-3)8-11(10)16/h5-8,17H,4H2,1-3H3. The van der Waals surface area contributed by atoms with Crippen LogP contribution < -0.4 is 9.47 Å². The Kier molecular flexibility index (Phi) is 4.90. The fraction of sp³-hybridized carbons (Fsp3) is 0.267. The molecule has 0 saturated heterocycles. The highest BCUT2D eigenvalue weighted by Gasteiger charge is 2.19. The molecule has 0 atom stereocenters. The van der Waals surface area contributed by atoms with Gasteiger partial charge in [-0.05, 0) is 25.1 Å². The van der Waals surface area contributed by atoms with Crippen LogP contribution in [0.15, 0.2) is 28.9 Å². The first kappa shape index (κ1) is 15.4. The third-order valence-electron chi connectivity index (χ3n) is 2.99. The summed E-state index contributed by atoms with van der Waals surface area (Å²) in [5.74, 6) is 0.812. The molecule has 0 spiro atoms. The lowest BCUT2D eigenvalue weighted by molar-refractivity contribution is 0.0521. The Hall–Kier alpha value is -1.95. The lowest BCUT2D eigenvalue weighted by Crippen LogP contribution is -2.06. The van der Waals surface area contributed by atoms with Crippen LogP contribution in [0.1, 0.15) is 17.4 Å². The summed E-state index contributed by atoms with van der Waals surface area (Å²) in [5.41, 5.74) is 1.96. The molecule has 0 amide bonds. The molecular formula is C15H16BrNO4. The highest BCUT2D eigenvalue weighted by Crippen LogP contribution is 2.39. The largest absolute Gasteiger partial charge is 0.493 e. The maximum Gasteiger partial charge on any atom is 0.355 e. The van der Waals surface area contributed by atoms with E-state index in [1.807, 2.05) is 12.1 Å². The molecule has 0 aliphatic heterocycles. The van der Waals surface area contributed by atoms with E-state index in [0.29, 0.717) is 23.8 Å². The molecule has 2 aromatic rings. The molecule has 5 nitrogen and oxygen atoms in total. The normalized spacial score (nSPS) is 10.3. The minimum absolute atomic E-state index is 0.324. The van der Waals surface area contributed by atoms with Gasteiger partial charge in [0.2, 0.25) is 0 Å². The Balaban J connectivity index is 2.52. The highest BCUT2D eigenvalue weighted by atomic mass is 79.9. The van der Waals surface area contributed by atoms with Crippen LogP contribution in [0.3, 0.4) is 0 Å². The Morgan fingerprint density at radius 1 is 1.19 bits per heavy atom. The maximum absolute atomic E-state index is 12.0. The summed E-state index contributed by atoms with van der Waals surface area (Å²) in [6, 6.07) is 5.43. The predicted octanol–water partition coefficient (Wildman–Crippen LogP) is 3.64. The first-order valence-corrected chi connectivity index (χ1v) is 7.18. The van der Waals surface area contributed by atoms with Gasteiger partial charge in [-0.3, -0.25) is 0 Å². The number of hydrogen-bond acceptors (Lipinski definition) is 4. The molecule has 21 heavy (non-hydrogen) atoms. The van der Waals surface area contributed by atoms with Crippen molar-refractivity contribution >= 4 is 21.9 Å². The van der Waals surface area contributed by atoms with Crippen molar-refractivity contribution in [2.24, 2.45) is 0 Å². The molecule has 0 radical (unpaired) electrons. The van der Waals surface area contributed by atoms with Crippen molar-refractivity contribution in [2.45, 2.75) is 6.92 Å². The van der Waals surface area contributed by atoms with Gasteiger partial charge in [0.1, 0.15) is 5.69 Å². The van der Waals surface area contributed by atoms with Crippen LogP contribution in [0.25, 0.3) is 11.1 Å². The van der Waals surface area contributed by atoms with Crippen LogP contribution in [0.5, 0.6) is 11.5 Å². The highest BCUT2D eigenvalue weighted by molar-refractivity contribution is 9.10. The second kappa shape index (κ2) is 6.67. The SMILES string of the molecule is CCOC(=O)c1[nH]ccc1-c1cc(OC)c(OC)cc1Br. The van der Waals surface area contributed by atoms with Gasteiger partial charge >= 0.3 is 5.97 Å². The number of hydrogen-bond donors (Lipinski definition) is 1. The van der Waals surface area contributed by atoms with Gasteiger partial charge in [-0.15, -0.1) is 0 Å². The van der Waals surface area contributed by atoms with Crippen molar-refractivity contribution in [3.05, 3.63) is 34.6 Å². The summed E-state index contributed by atoms with van der Waals surface area (Å²) in [7, 11) is 3.14. The second-order valence-electron chi connectivity index (χ2n) is 4.17. The molecule has 0 aliphatic carbocycles.